The number of nitrogens with zero attached hydrogens (tertiary/aromatic N) is 2. The number of aliphatic imine (C=N–C) groups is 1. The summed E-state index contributed by atoms with van der Waals surface area (Å²) < 4.78 is 11.2. The van der Waals surface area contributed by atoms with E-state index in [9.17, 15) is 9.90 Å². The second kappa shape index (κ2) is 7.39. The molecule has 2 heterocycles. The summed E-state index contributed by atoms with van der Waals surface area (Å²) >= 11 is 0. The zero-order valence-corrected chi connectivity index (χ0v) is 16.4. The van der Waals surface area contributed by atoms with Crippen molar-refractivity contribution >= 4 is 39.7 Å². The smallest absolute Gasteiger partial charge is 0.342 e. The van der Waals surface area contributed by atoms with Gasteiger partial charge in [-0.25, -0.2) is 14.8 Å². The number of hydrogen-bond donors (Lipinski definition) is 1. The van der Waals surface area contributed by atoms with Gasteiger partial charge in [0.05, 0.1) is 6.61 Å². The first kappa shape index (κ1) is 18.7. The van der Waals surface area contributed by atoms with Crippen LogP contribution in [0.5, 0.6) is 5.75 Å². The van der Waals surface area contributed by atoms with E-state index in [0.717, 1.165) is 5.56 Å². The SMILES string of the molecule is CCOC(=O)c1c(C)oc2c1c(C=Nc1ncccc1C)c(O)c1ccccc12. The molecular formula is C23H20N2O4. The number of rotatable bonds is 4. The van der Waals surface area contributed by atoms with Crippen LogP contribution < -0.4 is 0 Å². The van der Waals surface area contributed by atoms with E-state index >= 15 is 0 Å². The molecule has 0 fully saturated rings. The molecule has 0 atom stereocenters. The molecule has 29 heavy (non-hydrogen) atoms. The number of fused-ring (bicyclic) bond motifs is 3. The minimum Gasteiger partial charge on any atom is -0.507 e. The molecule has 0 radical (unpaired) electrons. The van der Waals surface area contributed by atoms with Crippen molar-refractivity contribution in [1.29, 1.82) is 0 Å². The Morgan fingerprint density at radius 3 is 2.69 bits per heavy atom. The van der Waals surface area contributed by atoms with E-state index in [1.54, 1.807) is 26.1 Å². The van der Waals surface area contributed by atoms with Crippen molar-refractivity contribution in [3.8, 4) is 5.75 Å². The lowest BCUT2D eigenvalue weighted by atomic mass is 9.98. The zero-order chi connectivity index (χ0) is 20.5. The van der Waals surface area contributed by atoms with Crippen molar-refractivity contribution in [1.82, 2.24) is 4.98 Å². The van der Waals surface area contributed by atoms with Gasteiger partial charge in [-0.3, -0.25) is 0 Å². The maximum Gasteiger partial charge on any atom is 0.342 e. The van der Waals surface area contributed by atoms with Crippen LogP contribution in [0.3, 0.4) is 0 Å². The van der Waals surface area contributed by atoms with E-state index in [1.165, 1.54) is 6.21 Å². The van der Waals surface area contributed by atoms with Gasteiger partial charge >= 0.3 is 5.97 Å². The standard InChI is InChI=1S/C23H20N2O4/c1-4-28-23(27)18-14(3)29-21-16-10-6-5-9-15(16)20(26)17(19(18)21)12-25-22-13(2)8-7-11-24-22/h5-12,26H,4H2,1-3H3. The summed E-state index contributed by atoms with van der Waals surface area (Å²) in [6.45, 7) is 5.60. The maximum absolute atomic E-state index is 12.6. The summed E-state index contributed by atoms with van der Waals surface area (Å²) in [4.78, 5) is 21.4. The molecule has 0 amide bonds. The Kier molecular flexibility index (Phi) is 4.76. The van der Waals surface area contributed by atoms with Gasteiger partial charge in [-0.05, 0) is 32.4 Å². The number of pyridine rings is 1. The number of ether oxygens (including phenoxy) is 1. The predicted octanol–water partition coefficient (Wildman–Crippen LogP) is 5.23. The highest BCUT2D eigenvalue weighted by atomic mass is 16.5. The molecule has 0 aliphatic heterocycles. The number of carbonyl (C=O) groups excluding carboxylic acids is 1. The summed E-state index contributed by atoms with van der Waals surface area (Å²) in [5.74, 6) is 0.489. The molecule has 2 aromatic carbocycles. The number of aryl methyl sites for hydroxylation is 2. The first-order valence-corrected chi connectivity index (χ1v) is 9.32. The topological polar surface area (TPSA) is 84.9 Å². The summed E-state index contributed by atoms with van der Waals surface area (Å²) in [7, 11) is 0. The molecule has 1 N–H and O–H groups in total. The van der Waals surface area contributed by atoms with Crippen molar-refractivity contribution in [2.45, 2.75) is 20.8 Å². The van der Waals surface area contributed by atoms with Crippen LogP contribution in [-0.4, -0.2) is 28.9 Å². The summed E-state index contributed by atoms with van der Waals surface area (Å²) in [5.41, 5.74) is 2.10. The van der Waals surface area contributed by atoms with Gasteiger partial charge in [-0.2, -0.15) is 0 Å². The van der Waals surface area contributed by atoms with Crippen LogP contribution in [0.4, 0.5) is 5.82 Å². The predicted molar refractivity (Wildman–Crippen MR) is 112 cm³/mol. The molecule has 0 aliphatic carbocycles. The van der Waals surface area contributed by atoms with E-state index in [4.69, 9.17) is 9.15 Å². The average Bonchev–Trinajstić information content (AvgIpc) is 3.06. The van der Waals surface area contributed by atoms with E-state index in [0.29, 0.717) is 44.4 Å². The molecule has 0 spiro atoms. The highest BCUT2D eigenvalue weighted by Crippen LogP contribution is 2.41. The number of furan rings is 1. The van der Waals surface area contributed by atoms with E-state index < -0.39 is 5.97 Å². The summed E-state index contributed by atoms with van der Waals surface area (Å²) in [5, 5.41) is 12.8. The molecule has 0 saturated carbocycles. The van der Waals surface area contributed by atoms with Gasteiger partial charge in [-0.1, -0.05) is 30.3 Å². The molecule has 4 rings (SSSR count). The van der Waals surface area contributed by atoms with Crippen molar-refractivity contribution in [3.63, 3.8) is 0 Å². The summed E-state index contributed by atoms with van der Waals surface area (Å²) in [6, 6.07) is 11.1. The van der Waals surface area contributed by atoms with Gasteiger partial charge in [-0.15, -0.1) is 0 Å². The monoisotopic (exact) mass is 388 g/mol. The van der Waals surface area contributed by atoms with Crippen LogP contribution in [0.2, 0.25) is 0 Å². The van der Waals surface area contributed by atoms with Crippen molar-refractivity contribution in [2.75, 3.05) is 6.61 Å². The Morgan fingerprint density at radius 1 is 1.21 bits per heavy atom. The van der Waals surface area contributed by atoms with Gasteiger partial charge in [0, 0.05) is 34.1 Å². The lowest BCUT2D eigenvalue weighted by Gasteiger charge is -2.08. The van der Waals surface area contributed by atoms with Gasteiger partial charge in [0.15, 0.2) is 5.82 Å². The lowest BCUT2D eigenvalue weighted by Crippen LogP contribution is -2.06. The number of aromatic nitrogens is 1. The summed E-state index contributed by atoms with van der Waals surface area (Å²) in [6.07, 6.45) is 3.18. The molecule has 4 aromatic rings. The van der Waals surface area contributed by atoms with E-state index in [2.05, 4.69) is 9.98 Å². The molecule has 6 heteroatoms. The molecule has 6 nitrogen and oxygen atoms in total. The van der Waals surface area contributed by atoms with Gasteiger partial charge in [0.25, 0.3) is 0 Å². The van der Waals surface area contributed by atoms with Crippen molar-refractivity contribution in [2.24, 2.45) is 4.99 Å². The number of aromatic hydroxyl groups is 1. The fourth-order valence-corrected chi connectivity index (χ4v) is 3.46. The van der Waals surface area contributed by atoms with Crippen LogP contribution in [-0.2, 0) is 4.74 Å². The van der Waals surface area contributed by atoms with E-state index in [-0.39, 0.29) is 12.4 Å². The third kappa shape index (κ3) is 3.12. The molecule has 0 unspecified atom stereocenters. The fourth-order valence-electron chi connectivity index (χ4n) is 3.46. The highest BCUT2D eigenvalue weighted by molar-refractivity contribution is 6.21. The first-order valence-electron chi connectivity index (χ1n) is 9.32. The number of phenols is 1. The zero-order valence-electron chi connectivity index (χ0n) is 16.4. The largest absolute Gasteiger partial charge is 0.507 e. The maximum atomic E-state index is 12.6. The third-order valence-corrected chi connectivity index (χ3v) is 4.81. The van der Waals surface area contributed by atoms with Crippen LogP contribution in [0, 0.1) is 13.8 Å². The second-order valence-corrected chi connectivity index (χ2v) is 6.67. The van der Waals surface area contributed by atoms with Gasteiger partial charge in [0.1, 0.15) is 22.7 Å². The van der Waals surface area contributed by atoms with Gasteiger partial charge in [0.2, 0.25) is 0 Å². The molecule has 146 valence electrons. The Labute approximate surface area is 167 Å². The van der Waals surface area contributed by atoms with Crippen LogP contribution in [0.25, 0.3) is 21.7 Å². The van der Waals surface area contributed by atoms with Crippen LogP contribution >= 0.6 is 0 Å². The Morgan fingerprint density at radius 2 is 1.97 bits per heavy atom. The minimum absolute atomic E-state index is 0.0248. The minimum atomic E-state index is -0.498. The molecule has 0 saturated heterocycles. The Balaban J connectivity index is 2.06. The number of carbonyl (C=O) groups is 1. The van der Waals surface area contributed by atoms with Crippen LogP contribution in [0.1, 0.15) is 34.2 Å². The fraction of sp³-hybridized carbons (Fsp3) is 0.174. The number of esters is 1. The third-order valence-electron chi connectivity index (χ3n) is 4.81. The van der Waals surface area contributed by atoms with Crippen LogP contribution in [0.15, 0.2) is 52.0 Å². The quantitative estimate of drug-likeness (QED) is 0.382. The van der Waals surface area contributed by atoms with E-state index in [1.807, 2.05) is 37.3 Å². The Hall–Kier alpha value is -3.67. The Bertz CT molecular complexity index is 1270. The average molecular weight is 388 g/mol. The van der Waals surface area contributed by atoms with Crippen molar-refractivity contribution in [3.05, 3.63) is 65.0 Å². The van der Waals surface area contributed by atoms with Crippen molar-refractivity contribution < 1.29 is 19.1 Å². The number of benzene rings is 2. The van der Waals surface area contributed by atoms with Gasteiger partial charge < -0.3 is 14.3 Å². The lowest BCUT2D eigenvalue weighted by molar-refractivity contribution is 0.0526. The second-order valence-electron chi connectivity index (χ2n) is 6.67. The normalized spacial score (nSPS) is 11.6. The molecule has 0 aliphatic rings. The number of phenolic OH excluding ortho intramolecular Hbond substituents is 1. The molecule has 2 aromatic heterocycles. The molecular weight excluding hydrogens is 368 g/mol. The number of hydrogen-bond acceptors (Lipinski definition) is 6. The highest BCUT2D eigenvalue weighted by Gasteiger charge is 2.26. The first-order chi connectivity index (χ1) is 14.0. The molecule has 0 bridgehead atoms.